The van der Waals surface area contributed by atoms with Crippen molar-refractivity contribution in [3.63, 3.8) is 0 Å². The van der Waals surface area contributed by atoms with E-state index in [1.807, 2.05) is 0 Å². The Hall–Kier alpha value is -2.61. The van der Waals surface area contributed by atoms with Crippen molar-refractivity contribution >= 4 is 21.8 Å². The van der Waals surface area contributed by atoms with Crippen LogP contribution in [0.3, 0.4) is 0 Å². The maximum Gasteiger partial charge on any atom is 0.107 e. The van der Waals surface area contributed by atoms with Crippen LogP contribution >= 0.6 is 0 Å². The van der Waals surface area contributed by atoms with E-state index in [1.165, 1.54) is 33.0 Å². The van der Waals surface area contributed by atoms with Crippen LogP contribution in [-0.2, 0) is 6.54 Å². The van der Waals surface area contributed by atoms with Crippen LogP contribution in [0.25, 0.3) is 21.8 Å². The van der Waals surface area contributed by atoms with E-state index in [0.29, 0.717) is 0 Å². The summed E-state index contributed by atoms with van der Waals surface area (Å²) in [6.07, 6.45) is 0. The molecule has 0 N–H and O–H groups in total. The van der Waals surface area contributed by atoms with Crippen LogP contribution in [0.15, 0.2) is 54.6 Å². The van der Waals surface area contributed by atoms with Gasteiger partial charge in [-0.05, 0) is 60.4 Å². The molecule has 0 saturated carbocycles. The molecule has 0 atom stereocenters. The fraction of sp³-hybridized carbons (Fsp3) is 0.190. The van der Waals surface area contributed by atoms with Gasteiger partial charge in [0.25, 0.3) is 0 Å². The van der Waals surface area contributed by atoms with Gasteiger partial charge in [-0.1, -0.05) is 42.5 Å². The standard InChI is InChI=1S/C21H20N2/c1-14-11-20-21(12-15(14)2)23(16(3)22-20)13-18-9-6-8-17-7-4-5-10-19(17)18/h4-12H,13H2,1-3H3. The molecule has 4 rings (SSSR count). The van der Waals surface area contributed by atoms with Crippen molar-refractivity contribution in [3.05, 3.63) is 77.1 Å². The maximum atomic E-state index is 4.75. The number of fused-ring (bicyclic) bond motifs is 2. The van der Waals surface area contributed by atoms with Gasteiger partial charge in [0.2, 0.25) is 0 Å². The summed E-state index contributed by atoms with van der Waals surface area (Å²) in [4.78, 5) is 4.75. The Kier molecular flexibility index (Phi) is 3.19. The average molecular weight is 300 g/mol. The molecule has 23 heavy (non-hydrogen) atoms. The summed E-state index contributed by atoms with van der Waals surface area (Å²) < 4.78 is 2.32. The summed E-state index contributed by atoms with van der Waals surface area (Å²) >= 11 is 0. The Morgan fingerprint density at radius 2 is 1.61 bits per heavy atom. The number of nitrogens with zero attached hydrogens (tertiary/aromatic N) is 2. The Bertz CT molecular complexity index is 1020. The predicted molar refractivity (Wildman–Crippen MR) is 97.0 cm³/mol. The molecule has 0 aliphatic carbocycles. The highest BCUT2D eigenvalue weighted by atomic mass is 15.1. The molecule has 1 aromatic heterocycles. The molecular formula is C21H20N2. The molecule has 2 nitrogen and oxygen atoms in total. The van der Waals surface area contributed by atoms with E-state index in [4.69, 9.17) is 4.98 Å². The topological polar surface area (TPSA) is 17.8 Å². The second-order valence-electron chi connectivity index (χ2n) is 6.31. The lowest BCUT2D eigenvalue weighted by molar-refractivity contribution is 0.790. The van der Waals surface area contributed by atoms with Crippen molar-refractivity contribution in [2.75, 3.05) is 0 Å². The third-order valence-corrected chi connectivity index (χ3v) is 4.76. The number of aromatic nitrogens is 2. The normalized spacial score (nSPS) is 11.4. The Labute approximate surface area is 136 Å². The predicted octanol–water partition coefficient (Wildman–Crippen LogP) is 5.16. The molecule has 0 amide bonds. The van der Waals surface area contributed by atoms with Crippen molar-refractivity contribution in [3.8, 4) is 0 Å². The highest BCUT2D eigenvalue weighted by Crippen LogP contribution is 2.24. The van der Waals surface area contributed by atoms with Crippen LogP contribution in [0, 0.1) is 20.8 Å². The van der Waals surface area contributed by atoms with Crippen LogP contribution in [0.5, 0.6) is 0 Å². The highest BCUT2D eigenvalue weighted by Gasteiger charge is 2.10. The highest BCUT2D eigenvalue weighted by molar-refractivity contribution is 5.86. The molecule has 0 aliphatic rings. The first-order valence-electron chi connectivity index (χ1n) is 8.04. The number of aryl methyl sites for hydroxylation is 3. The minimum atomic E-state index is 0.853. The number of imidazole rings is 1. The Balaban J connectivity index is 1.89. The van der Waals surface area contributed by atoms with Gasteiger partial charge < -0.3 is 4.57 Å². The number of rotatable bonds is 2. The fourth-order valence-corrected chi connectivity index (χ4v) is 3.30. The molecule has 1 heterocycles. The van der Waals surface area contributed by atoms with Gasteiger partial charge in [0.05, 0.1) is 11.0 Å². The first-order valence-corrected chi connectivity index (χ1v) is 8.04. The molecule has 3 aromatic carbocycles. The minimum Gasteiger partial charge on any atom is -0.324 e. The first kappa shape index (κ1) is 14.0. The molecule has 0 bridgehead atoms. The van der Waals surface area contributed by atoms with Crippen LogP contribution in [0.2, 0.25) is 0 Å². The van der Waals surface area contributed by atoms with Gasteiger partial charge in [-0.15, -0.1) is 0 Å². The van der Waals surface area contributed by atoms with Crippen molar-refractivity contribution < 1.29 is 0 Å². The third-order valence-electron chi connectivity index (χ3n) is 4.76. The maximum absolute atomic E-state index is 4.75. The first-order chi connectivity index (χ1) is 11.1. The summed E-state index contributed by atoms with van der Waals surface area (Å²) in [5.41, 5.74) is 6.26. The lowest BCUT2D eigenvalue weighted by atomic mass is 10.0. The van der Waals surface area contributed by atoms with Gasteiger partial charge in [-0.3, -0.25) is 0 Å². The summed E-state index contributed by atoms with van der Waals surface area (Å²) in [6.45, 7) is 7.26. The SMILES string of the molecule is Cc1cc2nc(C)n(Cc3cccc4ccccc34)c2cc1C. The summed E-state index contributed by atoms with van der Waals surface area (Å²) in [5, 5.41) is 2.61. The van der Waals surface area contributed by atoms with Crippen LogP contribution in [-0.4, -0.2) is 9.55 Å². The van der Waals surface area contributed by atoms with Crippen molar-refractivity contribution in [2.45, 2.75) is 27.3 Å². The van der Waals surface area contributed by atoms with Gasteiger partial charge in [0, 0.05) is 6.54 Å². The summed E-state index contributed by atoms with van der Waals surface area (Å²) in [5.74, 6) is 1.07. The largest absolute Gasteiger partial charge is 0.324 e. The van der Waals surface area contributed by atoms with Gasteiger partial charge >= 0.3 is 0 Å². The molecule has 2 heteroatoms. The van der Waals surface area contributed by atoms with E-state index >= 15 is 0 Å². The quantitative estimate of drug-likeness (QED) is 0.500. The van der Waals surface area contributed by atoms with E-state index in [-0.39, 0.29) is 0 Å². The molecule has 0 aliphatic heterocycles. The lowest BCUT2D eigenvalue weighted by Gasteiger charge is -2.11. The molecule has 0 unspecified atom stereocenters. The zero-order chi connectivity index (χ0) is 16.0. The average Bonchev–Trinajstić information content (AvgIpc) is 2.84. The van der Waals surface area contributed by atoms with E-state index in [2.05, 4.69) is 79.9 Å². The van der Waals surface area contributed by atoms with E-state index < -0.39 is 0 Å². The molecular weight excluding hydrogens is 280 g/mol. The molecule has 4 aromatic rings. The third kappa shape index (κ3) is 2.31. The lowest BCUT2D eigenvalue weighted by Crippen LogP contribution is -2.02. The van der Waals surface area contributed by atoms with Crippen molar-refractivity contribution in [2.24, 2.45) is 0 Å². The zero-order valence-electron chi connectivity index (χ0n) is 13.8. The molecule has 0 radical (unpaired) electrons. The molecule has 114 valence electrons. The second kappa shape index (κ2) is 5.24. The second-order valence-corrected chi connectivity index (χ2v) is 6.31. The number of hydrogen-bond donors (Lipinski definition) is 0. The van der Waals surface area contributed by atoms with E-state index in [0.717, 1.165) is 17.9 Å². The Morgan fingerprint density at radius 1 is 0.870 bits per heavy atom. The molecule has 0 saturated heterocycles. The minimum absolute atomic E-state index is 0.853. The van der Waals surface area contributed by atoms with Gasteiger partial charge in [0.15, 0.2) is 0 Å². The van der Waals surface area contributed by atoms with E-state index in [1.54, 1.807) is 0 Å². The fourth-order valence-electron chi connectivity index (χ4n) is 3.30. The monoisotopic (exact) mass is 300 g/mol. The Morgan fingerprint density at radius 3 is 2.48 bits per heavy atom. The van der Waals surface area contributed by atoms with Crippen molar-refractivity contribution in [1.82, 2.24) is 9.55 Å². The number of benzene rings is 3. The van der Waals surface area contributed by atoms with Crippen molar-refractivity contribution in [1.29, 1.82) is 0 Å². The van der Waals surface area contributed by atoms with Gasteiger partial charge in [0.1, 0.15) is 5.82 Å². The van der Waals surface area contributed by atoms with Crippen LogP contribution in [0.1, 0.15) is 22.5 Å². The summed E-state index contributed by atoms with van der Waals surface area (Å²) in [6, 6.07) is 19.6. The number of hydrogen-bond acceptors (Lipinski definition) is 1. The zero-order valence-corrected chi connectivity index (χ0v) is 13.8. The molecule has 0 spiro atoms. The molecule has 0 fully saturated rings. The van der Waals surface area contributed by atoms with Crippen LogP contribution in [0.4, 0.5) is 0 Å². The van der Waals surface area contributed by atoms with Crippen LogP contribution < -0.4 is 0 Å². The van der Waals surface area contributed by atoms with E-state index in [9.17, 15) is 0 Å². The smallest absolute Gasteiger partial charge is 0.107 e. The van der Waals surface area contributed by atoms with Gasteiger partial charge in [-0.2, -0.15) is 0 Å². The van der Waals surface area contributed by atoms with Gasteiger partial charge in [-0.25, -0.2) is 4.98 Å². The summed E-state index contributed by atoms with van der Waals surface area (Å²) in [7, 11) is 0.